The maximum Gasteiger partial charge on any atom is 0.219 e. The van der Waals surface area contributed by atoms with Crippen molar-refractivity contribution in [3.05, 3.63) is 85.2 Å². The summed E-state index contributed by atoms with van der Waals surface area (Å²) in [5, 5.41) is 1.91. The van der Waals surface area contributed by atoms with Gasteiger partial charge in [0.2, 0.25) is 11.8 Å². The molecule has 0 N–H and O–H groups in total. The molecule has 24 heavy (non-hydrogen) atoms. The smallest absolute Gasteiger partial charge is 0.219 e. The van der Waals surface area contributed by atoms with E-state index in [0.29, 0.717) is 11.8 Å². The van der Waals surface area contributed by atoms with Gasteiger partial charge in [0.15, 0.2) is 0 Å². The molecule has 0 aliphatic carbocycles. The van der Waals surface area contributed by atoms with Crippen molar-refractivity contribution in [1.82, 2.24) is 9.97 Å². The summed E-state index contributed by atoms with van der Waals surface area (Å²) in [6.45, 7) is 0. The van der Waals surface area contributed by atoms with Crippen molar-refractivity contribution in [3.8, 4) is 23.3 Å². The molecule has 0 bridgehead atoms. The molecule has 4 heteroatoms. The van der Waals surface area contributed by atoms with E-state index in [1.165, 1.54) is 0 Å². The van der Waals surface area contributed by atoms with Crippen LogP contribution < -0.4 is 9.47 Å². The molecule has 0 saturated carbocycles. The molecule has 116 valence electrons. The summed E-state index contributed by atoms with van der Waals surface area (Å²) < 4.78 is 11.8. The minimum atomic E-state index is 0.557. The number of nitrogens with zero attached hydrogens (tertiary/aromatic N) is 2. The van der Waals surface area contributed by atoms with Crippen molar-refractivity contribution in [3.63, 3.8) is 0 Å². The first kappa shape index (κ1) is 14.2. The molecule has 0 atom stereocenters. The number of hydrogen-bond donors (Lipinski definition) is 0. The number of ether oxygens (including phenoxy) is 2. The topological polar surface area (TPSA) is 44.2 Å². The SMILES string of the molecule is c1ccc(Oc2cccc3c(Oc4ccccn4)cccc23)nc1. The number of pyridine rings is 2. The Hall–Kier alpha value is -3.40. The first-order chi connectivity index (χ1) is 11.9. The van der Waals surface area contributed by atoms with Gasteiger partial charge in [-0.05, 0) is 24.3 Å². The molecule has 2 aromatic heterocycles. The Kier molecular flexibility index (Phi) is 3.78. The zero-order valence-electron chi connectivity index (χ0n) is 12.8. The molecule has 0 spiro atoms. The van der Waals surface area contributed by atoms with Gasteiger partial charge in [-0.15, -0.1) is 0 Å². The molecule has 2 aromatic carbocycles. The molecule has 4 aromatic rings. The molecule has 0 saturated heterocycles. The van der Waals surface area contributed by atoms with Gasteiger partial charge < -0.3 is 9.47 Å². The largest absolute Gasteiger partial charge is 0.438 e. The second-order valence-corrected chi connectivity index (χ2v) is 5.15. The second kappa shape index (κ2) is 6.38. The van der Waals surface area contributed by atoms with Gasteiger partial charge in [-0.2, -0.15) is 0 Å². The molecule has 0 fully saturated rings. The van der Waals surface area contributed by atoms with E-state index in [-0.39, 0.29) is 0 Å². The third-order valence-electron chi connectivity index (χ3n) is 3.55. The van der Waals surface area contributed by atoms with Gasteiger partial charge in [0, 0.05) is 35.3 Å². The summed E-state index contributed by atoms with van der Waals surface area (Å²) in [7, 11) is 0. The molecule has 2 heterocycles. The maximum atomic E-state index is 5.91. The maximum absolute atomic E-state index is 5.91. The number of rotatable bonds is 4. The van der Waals surface area contributed by atoms with Crippen molar-refractivity contribution in [2.24, 2.45) is 0 Å². The van der Waals surface area contributed by atoms with Crippen molar-refractivity contribution < 1.29 is 9.47 Å². The van der Waals surface area contributed by atoms with Gasteiger partial charge in [-0.25, -0.2) is 9.97 Å². The highest BCUT2D eigenvalue weighted by Gasteiger charge is 2.09. The predicted octanol–water partition coefficient (Wildman–Crippen LogP) is 5.21. The van der Waals surface area contributed by atoms with Gasteiger partial charge in [0.1, 0.15) is 11.5 Å². The van der Waals surface area contributed by atoms with Crippen molar-refractivity contribution in [2.45, 2.75) is 0 Å². The average Bonchev–Trinajstić information content (AvgIpc) is 2.64. The predicted molar refractivity (Wildman–Crippen MR) is 92.6 cm³/mol. The molecule has 0 aliphatic rings. The van der Waals surface area contributed by atoms with E-state index < -0.39 is 0 Å². The van der Waals surface area contributed by atoms with E-state index in [0.717, 1.165) is 22.3 Å². The summed E-state index contributed by atoms with van der Waals surface area (Å²) in [6.07, 6.45) is 3.41. The van der Waals surface area contributed by atoms with E-state index in [2.05, 4.69) is 9.97 Å². The van der Waals surface area contributed by atoms with Gasteiger partial charge in [-0.3, -0.25) is 0 Å². The lowest BCUT2D eigenvalue weighted by Gasteiger charge is -2.11. The van der Waals surface area contributed by atoms with E-state index in [1.807, 2.05) is 72.8 Å². The summed E-state index contributed by atoms with van der Waals surface area (Å²) in [5.41, 5.74) is 0. The van der Waals surface area contributed by atoms with E-state index in [9.17, 15) is 0 Å². The Morgan fingerprint density at radius 1 is 0.500 bits per heavy atom. The van der Waals surface area contributed by atoms with Crippen molar-refractivity contribution in [2.75, 3.05) is 0 Å². The molecule has 4 nitrogen and oxygen atoms in total. The van der Waals surface area contributed by atoms with E-state index >= 15 is 0 Å². The number of benzene rings is 2. The van der Waals surface area contributed by atoms with Crippen LogP contribution in [-0.2, 0) is 0 Å². The van der Waals surface area contributed by atoms with Crippen LogP contribution in [0.15, 0.2) is 85.2 Å². The third-order valence-corrected chi connectivity index (χ3v) is 3.55. The fourth-order valence-corrected chi connectivity index (χ4v) is 2.47. The Labute approximate surface area is 139 Å². The molecule has 0 aliphatic heterocycles. The van der Waals surface area contributed by atoms with Crippen LogP contribution in [0.5, 0.6) is 23.3 Å². The van der Waals surface area contributed by atoms with Crippen LogP contribution >= 0.6 is 0 Å². The highest BCUT2D eigenvalue weighted by molar-refractivity contribution is 5.93. The summed E-state index contributed by atoms with van der Waals surface area (Å²) >= 11 is 0. The highest BCUT2D eigenvalue weighted by Crippen LogP contribution is 2.35. The first-order valence-electron chi connectivity index (χ1n) is 7.60. The molecule has 0 unspecified atom stereocenters. The van der Waals surface area contributed by atoms with Crippen LogP contribution in [0.25, 0.3) is 10.8 Å². The van der Waals surface area contributed by atoms with Gasteiger partial charge >= 0.3 is 0 Å². The number of fused-ring (bicyclic) bond motifs is 1. The van der Waals surface area contributed by atoms with Crippen LogP contribution in [0.2, 0.25) is 0 Å². The van der Waals surface area contributed by atoms with Crippen LogP contribution in [0.1, 0.15) is 0 Å². The van der Waals surface area contributed by atoms with Crippen LogP contribution in [0.3, 0.4) is 0 Å². The minimum Gasteiger partial charge on any atom is -0.438 e. The molecular weight excluding hydrogens is 300 g/mol. The molecule has 0 radical (unpaired) electrons. The molecule has 0 amide bonds. The Morgan fingerprint density at radius 3 is 1.42 bits per heavy atom. The van der Waals surface area contributed by atoms with Gasteiger partial charge in [0.25, 0.3) is 0 Å². The lowest BCUT2D eigenvalue weighted by atomic mass is 10.1. The number of hydrogen-bond acceptors (Lipinski definition) is 4. The third kappa shape index (κ3) is 2.90. The van der Waals surface area contributed by atoms with E-state index in [1.54, 1.807) is 12.4 Å². The molecule has 4 rings (SSSR count). The van der Waals surface area contributed by atoms with Gasteiger partial charge in [0.05, 0.1) is 0 Å². The zero-order chi connectivity index (χ0) is 16.2. The first-order valence-corrected chi connectivity index (χ1v) is 7.60. The normalized spacial score (nSPS) is 10.5. The minimum absolute atomic E-state index is 0.557. The zero-order valence-corrected chi connectivity index (χ0v) is 12.8. The van der Waals surface area contributed by atoms with Crippen molar-refractivity contribution >= 4 is 10.8 Å². The Balaban J connectivity index is 1.74. The quantitative estimate of drug-likeness (QED) is 0.518. The number of aromatic nitrogens is 2. The molecular formula is C20H14N2O2. The highest BCUT2D eigenvalue weighted by atomic mass is 16.5. The standard InChI is InChI=1S/C20H14N2O2/c1-3-13-21-19(11-1)23-17-9-5-8-16-15(17)7-6-10-18(16)24-20-12-2-4-14-22-20/h1-14H. The van der Waals surface area contributed by atoms with Crippen LogP contribution in [0, 0.1) is 0 Å². The van der Waals surface area contributed by atoms with Crippen LogP contribution in [-0.4, -0.2) is 9.97 Å². The van der Waals surface area contributed by atoms with Crippen LogP contribution in [0.4, 0.5) is 0 Å². The second-order valence-electron chi connectivity index (χ2n) is 5.15. The summed E-state index contributed by atoms with van der Waals surface area (Å²) in [5.74, 6) is 2.58. The summed E-state index contributed by atoms with van der Waals surface area (Å²) in [6, 6.07) is 22.9. The summed E-state index contributed by atoms with van der Waals surface area (Å²) in [4.78, 5) is 8.42. The lowest BCUT2D eigenvalue weighted by molar-refractivity contribution is 0.463. The lowest BCUT2D eigenvalue weighted by Crippen LogP contribution is -1.91. The van der Waals surface area contributed by atoms with Crippen molar-refractivity contribution in [1.29, 1.82) is 0 Å². The fourth-order valence-electron chi connectivity index (χ4n) is 2.47. The average molecular weight is 314 g/mol. The fraction of sp³-hybridized carbons (Fsp3) is 0. The van der Waals surface area contributed by atoms with Gasteiger partial charge in [-0.1, -0.05) is 36.4 Å². The Morgan fingerprint density at radius 2 is 1.00 bits per heavy atom. The Bertz CT molecular complexity index is 876. The monoisotopic (exact) mass is 314 g/mol. The van der Waals surface area contributed by atoms with E-state index in [4.69, 9.17) is 9.47 Å².